The summed E-state index contributed by atoms with van der Waals surface area (Å²) < 4.78 is 5.51. The molecule has 2 aromatic rings. The molecule has 1 aromatic heterocycles. The number of ether oxygens (including phenoxy) is 1. The van der Waals surface area contributed by atoms with Crippen LogP contribution in [0.1, 0.15) is 71.0 Å². The maximum absolute atomic E-state index is 13.4. The molecule has 0 unspecified atom stereocenters. The molecule has 8 nitrogen and oxygen atoms in total. The fourth-order valence-corrected chi connectivity index (χ4v) is 7.06. The van der Waals surface area contributed by atoms with E-state index in [1.54, 1.807) is 11.8 Å². The van der Waals surface area contributed by atoms with Crippen molar-refractivity contribution in [1.29, 1.82) is 0 Å². The molecular weight excluding hydrogens is 486 g/mol. The minimum Gasteiger partial charge on any atom is -0.444 e. The lowest BCUT2D eigenvalue weighted by Gasteiger charge is -2.42. The minimum absolute atomic E-state index is 0.0472. The van der Waals surface area contributed by atoms with E-state index >= 15 is 0 Å². The summed E-state index contributed by atoms with van der Waals surface area (Å²) in [5.74, 6) is 3.47. The second-order valence-electron chi connectivity index (χ2n) is 11.8. The summed E-state index contributed by atoms with van der Waals surface area (Å²) in [6, 6.07) is 8.30. The highest BCUT2D eigenvalue weighted by molar-refractivity contribution is 7.99. The van der Waals surface area contributed by atoms with Crippen LogP contribution >= 0.6 is 11.8 Å². The van der Waals surface area contributed by atoms with Crippen LogP contribution in [0.4, 0.5) is 4.79 Å². The third-order valence-electron chi connectivity index (χ3n) is 8.06. The predicted octanol–water partition coefficient (Wildman–Crippen LogP) is 4.73. The summed E-state index contributed by atoms with van der Waals surface area (Å²) in [7, 11) is 0. The molecule has 2 N–H and O–H groups in total. The van der Waals surface area contributed by atoms with Crippen molar-refractivity contribution < 1.29 is 14.3 Å². The molecule has 2 saturated heterocycles. The summed E-state index contributed by atoms with van der Waals surface area (Å²) in [4.78, 5) is 38.9. The van der Waals surface area contributed by atoms with Gasteiger partial charge in [0.1, 0.15) is 17.5 Å². The highest BCUT2D eigenvalue weighted by Crippen LogP contribution is 2.35. The van der Waals surface area contributed by atoms with Gasteiger partial charge >= 0.3 is 6.09 Å². The van der Waals surface area contributed by atoms with Crippen molar-refractivity contribution in [3.8, 4) is 0 Å². The Bertz CT molecular complexity index is 1040. The molecule has 2 aliphatic heterocycles. The number of likely N-dealkylation sites (tertiary alicyclic amines) is 1. The van der Waals surface area contributed by atoms with Crippen LogP contribution in [0.25, 0.3) is 11.0 Å². The Kier molecular flexibility index (Phi) is 8.00. The van der Waals surface area contributed by atoms with Crippen molar-refractivity contribution >= 4 is 34.8 Å². The average molecular weight is 528 g/mol. The van der Waals surface area contributed by atoms with Crippen LogP contribution in [-0.2, 0) is 9.53 Å². The van der Waals surface area contributed by atoms with E-state index in [0.29, 0.717) is 17.8 Å². The molecule has 5 rings (SSSR count). The second kappa shape index (κ2) is 11.2. The van der Waals surface area contributed by atoms with Gasteiger partial charge in [-0.3, -0.25) is 4.79 Å². The number of carbonyl (C=O) groups is 2. The lowest BCUT2D eigenvalue weighted by atomic mass is 9.79. The lowest BCUT2D eigenvalue weighted by Crippen LogP contribution is -2.54. The molecule has 0 bridgehead atoms. The van der Waals surface area contributed by atoms with Crippen molar-refractivity contribution in [3.05, 3.63) is 30.1 Å². The first-order chi connectivity index (χ1) is 17.8. The molecule has 37 heavy (non-hydrogen) atoms. The molecule has 0 spiro atoms. The molecule has 3 fully saturated rings. The number of aromatic nitrogens is 2. The molecule has 1 saturated carbocycles. The Hall–Kier alpha value is -2.26. The van der Waals surface area contributed by atoms with Crippen LogP contribution in [0.2, 0.25) is 0 Å². The summed E-state index contributed by atoms with van der Waals surface area (Å²) >= 11 is 1.77. The number of carbonyl (C=O) groups excluding carboxylic acids is 2. The van der Waals surface area contributed by atoms with Gasteiger partial charge in [-0.25, -0.2) is 9.78 Å². The van der Waals surface area contributed by atoms with Crippen LogP contribution < -0.4 is 5.32 Å². The molecule has 1 aromatic carbocycles. The SMILES string of the molecule is CC(C)(C)OC(=O)N[C@H](C(=O)N1CCSC1)C1CCC(N2CCC(c3nc4ccccc4[nH]3)CC2)CC1. The van der Waals surface area contributed by atoms with Crippen molar-refractivity contribution in [2.24, 2.45) is 5.92 Å². The van der Waals surface area contributed by atoms with Crippen molar-refractivity contribution in [1.82, 2.24) is 25.1 Å². The molecule has 1 aliphatic carbocycles. The van der Waals surface area contributed by atoms with Gasteiger partial charge < -0.3 is 24.8 Å². The number of para-hydroxylation sites is 2. The number of benzene rings is 1. The van der Waals surface area contributed by atoms with Gasteiger partial charge in [0.05, 0.1) is 16.9 Å². The fourth-order valence-electron chi connectivity index (χ4n) is 6.10. The fraction of sp³-hybridized carbons (Fsp3) is 0.679. The lowest BCUT2D eigenvalue weighted by molar-refractivity contribution is -0.133. The Morgan fingerprint density at radius 3 is 2.46 bits per heavy atom. The zero-order valence-electron chi connectivity index (χ0n) is 22.4. The molecule has 0 radical (unpaired) electrons. The highest BCUT2D eigenvalue weighted by atomic mass is 32.2. The third kappa shape index (κ3) is 6.42. The summed E-state index contributed by atoms with van der Waals surface area (Å²) in [5, 5.41) is 2.96. The van der Waals surface area contributed by atoms with Crippen LogP contribution in [-0.4, -0.2) is 80.7 Å². The van der Waals surface area contributed by atoms with Gasteiger partial charge in [0.25, 0.3) is 0 Å². The first kappa shape index (κ1) is 26.4. The molecule has 1 atom stereocenters. The first-order valence-corrected chi connectivity index (χ1v) is 15.0. The van der Waals surface area contributed by atoms with E-state index in [1.807, 2.05) is 31.7 Å². The van der Waals surface area contributed by atoms with E-state index in [-0.39, 0.29) is 11.8 Å². The summed E-state index contributed by atoms with van der Waals surface area (Å²) in [5.41, 5.74) is 1.58. The minimum atomic E-state index is -0.590. The molecule has 3 heterocycles. The zero-order valence-corrected chi connectivity index (χ0v) is 23.2. The third-order valence-corrected chi connectivity index (χ3v) is 9.02. The number of piperidine rings is 1. The van der Waals surface area contributed by atoms with E-state index in [0.717, 1.165) is 80.8 Å². The number of H-pyrrole nitrogens is 1. The number of fused-ring (bicyclic) bond motifs is 1. The van der Waals surface area contributed by atoms with Crippen molar-refractivity contribution in [2.45, 2.75) is 82.9 Å². The Balaban J connectivity index is 1.16. The maximum atomic E-state index is 13.4. The van der Waals surface area contributed by atoms with Gasteiger partial charge in [0.2, 0.25) is 5.91 Å². The predicted molar refractivity (Wildman–Crippen MR) is 148 cm³/mol. The maximum Gasteiger partial charge on any atom is 0.408 e. The summed E-state index contributed by atoms with van der Waals surface area (Å²) in [6.07, 6.45) is 5.76. The number of hydrogen-bond donors (Lipinski definition) is 2. The largest absolute Gasteiger partial charge is 0.444 e. The van der Waals surface area contributed by atoms with Gasteiger partial charge in [0, 0.05) is 24.3 Å². The standard InChI is InChI=1S/C28H41N5O3S/c1-28(2,3)36-27(35)31-24(26(34)33-16-17-37-18-33)19-8-10-21(11-9-19)32-14-12-20(13-15-32)25-29-22-6-4-5-7-23(22)30-25/h4-7,19-21,24H,8-18H2,1-3H3,(H,29,30)(H,31,35)/t19?,21?,24-/m0/s1. The van der Waals surface area contributed by atoms with E-state index in [2.05, 4.69) is 33.4 Å². The number of rotatable bonds is 5. The number of thioether (sulfide) groups is 1. The smallest absolute Gasteiger partial charge is 0.408 e. The van der Waals surface area contributed by atoms with E-state index in [9.17, 15) is 9.59 Å². The number of nitrogens with zero attached hydrogens (tertiary/aromatic N) is 3. The summed E-state index contributed by atoms with van der Waals surface area (Å²) in [6.45, 7) is 8.47. The Morgan fingerprint density at radius 2 is 1.81 bits per heavy atom. The van der Waals surface area contributed by atoms with Crippen molar-refractivity contribution in [2.75, 3.05) is 31.3 Å². The second-order valence-corrected chi connectivity index (χ2v) is 12.9. The molecule has 9 heteroatoms. The zero-order chi connectivity index (χ0) is 26.0. The first-order valence-electron chi connectivity index (χ1n) is 13.8. The quantitative estimate of drug-likeness (QED) is 0.584. The normalized spacial score (nSPS) is 24.8. The van der Waals surface area contributed by atoms with Crippen LogP contribution in [0.3, 0.4) is 0 Å². The van der Waals surface area contributed by atoms with E-state index < -0.39 is 17.7 Å². The van der Waals surface area contributed by atoms with Crippen LogP contribution in [0.15, 0.2) is 24.3 Å². The molecular formula is C28H41N5O3S. The number of aromatic amines is 1. The average Bonchev–Trinajstić information content (AvgIpc) is 3.57. The van der Waals surface area contributed by atoms with Crippen molar-refractivity contribution in [3.63, 3.8) is 0 Å². The molecule has 3 aliphatic rings. The van der Waals surface area contributed by atoms with Crippen LogP contribution in [0, 0.1) is 5.92 Å². The highest BCUT2D eigenvalue weighted by Gasteiger charge is 2.39. The number of nitrogens with one attached hydrogen (secondary N) is 2. The number of imidazole rings is 1. The van der Waals surface area contributed by atoms with Crippen LogP contribution in [0.5, 0.6) is 0 Å². The van der Waals surface area contributed by atoms with E-state index in [4.69, 9.17) is 9.72 Å². The topological polar surface area (TPSA) is 90.6 Å². The van der Waals surface area contributed by atoms with Gasteiger partial charge in [-0.05, 0) is 90.4 Å². The van der Waals surface area contributed by atoms with Gasteiger partial charge in [-0.1, -0.05) is 12.1 Å². The molecule has 202 valence electrons. The number of amides is 2. The Labute approximate surface area is 224 Å². The number of hydrogen-bond acceptors (Lipinski definition) is 6. The molecule has 2 amide bonds. The van der Waals surface area contributed by atoms with Gasteiger partial charge in [0.15, 0.2) is 0 Å². The Morgan fingerprint density at radius 1 is 1.08 bits per heavy atom. The monoisotopic (exact) mass is 527 g/mol. The van der Waals surface area contributed by atoms with Gasteiger partial charge in [-0.15, -0.1) is 11.8 Å². The van der Waals surface area contributed by atoms with Gasteiger partial charge in [-0.2, -0.15) is 0 Å². The van der Waals surface area contributed by atoms with E-state index in [1.165, 1.54) is 0 Å². The number of alkyl carbamates (subject to hydrolysis) is 1.